The maximum Gasteiger partial charge on any atom is 0.0323 e. The van der Waals surface area contributed by atoms with Crippen molar-refractivity contribution in [2.75, 3.05) is 13.1 Å². The van der Waals surface area contributed by atoms with E-state index in [0.717, 1.165) is 6.54 Å². The number of rotatable bonds is 4. The lowest BCUT2D eigenvalue weighted by atomic mass is 9.85. The third-order valence-corrected chi connectivity index (χ3v) is 5.41. The lowest BCUT2D eigenvalue weighted by Gasteiger charge is -2.46. The molecule has 3 heteroatoms. The van der Waals surface area contributed by atoms with Gasteiger partial charge in [0.2, 0.25) is 0 Å². The van der Waals surface area contributed by atoms with Gasteiger partial charge >= 0.3 is 0 Å². The van der Waals surface area contributed by atoms with Gasteiger partial charge in [-0.1, -0.05) is 41.9 Å². The minimum atomic E-state index is 0.479. The molecule has 2 nitrogen and oxygen atoms in total. The topological polar surface area (TPSA) is 15.3 Å². The number of nitrogens with one attached hydrogen (secondary N) is 1. The molecular weight excluding hydrogens is 312 g/mol. The summed E-state index contributed by atoms with van der Waals surface area (Å²) in [6.45, 7) is 11.5. The average Bonchev–Trinajstić information content (AvgIpc) is 2.44. The molecule has 1 saturated heterocycles. The quantitative estimate of drug-likeness (QED) is 0.884. The van der Waals surface area contributed by atoms with Gasteiger partial charge in [0.25, 0.3) is 0 Å². The van der Waals surface area contributed by atoms with Crippen LogP contribution in [0.4, 0.5) is 0 Å². The van der Waals surface area contributed by atoms with E-state index in [0.29, 0.717) is 24.0 Å². The summed E-state index contributed by atoms with van der Waals surface area (Å²) in [5, 5.41) is 3.64. The van der Waals surface area contributed by atoms with E-state index in [-0.39, 0.29) is 0 Å². The van der Waals surface area contributed by atoms with Crippen molar-refractivity contribution >= 4 is 15.9 Å². The van der Waals surface area contributed by atoms with Crippen LogP contribution in [0.5, 0.6) is 0 Å². The fraction of sp³-hybridized carbons (Fsp3) is 0.647. The zero-order valence-corrected chi connectivity index (χ0v) is 14.7. The highest BCUT2D eigenvalue weighted by Gasteiger charge is 2.34. The highest BCUT2D eigenvalue weighted by atomic mass is 79.9. The first-order valence-electron chi connectivity index (χ1n) is 7.79. The monoisotopic (exact) mass is 338 g/mol. The molecule has 1 heterocycles. The van der Waals surface area contributed by atoms with Gasteiger partial charge in [-0.3, -0.25) is 4.90 Å². The second kappa shape index (κ2) is 7.06. The van der Waals surface area contributed by atoms with Gasteiger partial charge in [0.1, 0.15) is 0 Å². The Morgan fingerprint density at radius 1 is 1.40 bits per heavy atom. The lowest BCUT2D eigenvalue weighted by molar-refractivity contribution is 0.0529. The zero-order valence-electron chi connectivity index (χ0n) is 13.1. The van der Waals surface area contributed by atoms with Crippen molar-refractivity contribution < 1.29 is 0 Å². The van der Waals surface area contributed by atoms with E-state index in [1.165, 1.54) is 23.0 Å². The number of nitrogens with zero attached hydrogens (tertiary/aromatic N) is 1. The molecule has 1 aromatic rings. The highest BCUT2D eigenvalue weighted by Crippen LogP contribution is 2.32. The normalized spacial score (nSPS) is 29.4. The number of hydrogen-bond donors (Lipinski definition) is 1. The van der Waals surface area contributed by atoms with Gasteiger partial charge < -0.3 is 5.32 Å². The molecular formula is C17H27BrN2. The van der Waals surface area contributed by atoms with Gasteiger partial charge in [0.15, 0.2) is 0 Å². The molecule has 0 radical (unpaired) electrons. The van der Waals surface area contributed by atoms with E-state index in [1.54, 1.807) is 0 Å². The third-order valence-electron chi connectivity index (χ3n) is 4.91. The Hall–Kier alpha value is -0.380. The summed E-state index contributed by atoms with van der Waals surface area (Å²) in [5.41, 5.74) is 1.40. The maximum absolute atomic E-state index is 3.64. The summed E-state index contributed by atoms with van der Waals surface area (Å²) in [7, 11) is 0. The van der Waals surface area contributed by atoms with Crippen LogP contribution in [0.2, 0.25) is 0 Å². The molecule has 1 N–H and O–H groups in total. The number of hydrogen-bond acceptors (Lipinski definition) is 2. The molecule has 112 valence electrons. The fourth-order valence-electron chi connectivity index (χ4n) is 3.45. The minimum absolute atomic E-state index is 0.479. The summed E-state index contributed by atoms with van der Waals surface area (Å²) in [4.78, 5) is 2.65. The first-order valence-corrected chi connectivity index (χ1v) is 8.58. The lowest BCUT2D eigenvalue weighted by Crippen LogP contribution is -2.53. The van der Waals surface area contributed by atoms with Crippen LogP contribution in [-0.2, 0) is 0 Å². The third kappa shape index (κ3) is 3.44. The van der Waals surface area contributed by atoms with Crippen LogP contribution in [0.3, 0.4) is 0 Å². The standard InChI is InChI=1S/C17H27BrN2/c1-5-19-17-9-10-20(13(3)12(17)2)14(4)15-7-6-8-16(18)11-15/h6-8,11-14,17,19H,5,9-10H2,1-4H3. The van der Waals surface area contributed by atoms with Crippen molar-refractivity contribution in [3.63, 3.8) is 0 Å². The summed E-state index contributed by atoms with van der Waals surface area (Å²) in [6, 6.07) is 10.5. The maximum atomic E-state index is 3.64. The van der Waals surface area contributed by atoms with Crippen molar-refractivity contribution in [3.05, 3.63) is 34.3 Å². The van der Waals surface area contributed by atoms with Gasteiger partial charge in [0.05, 0.1) is 0 Å². The van der Waals surface area contributed by atoms with Gasteiger partial charge in [-0.25, -0.2) is 0 Å². The van der Waals surface area contributed by atoms with Crippen molar-refractivity contribution in [3.8, 4) is 0 Å². The number of likely N-dealkylation sites (tertiary alicyclic amines) is 1. The molecule has 4 atom stereocenters. The second-order valence-corrected chi connectivity index (χ2v) is 6.94. The Balaban J connectivity index is 2.09. The fourth-order valence-corrected chi connectivity index (χ4v) is 3.86. The minimum Gasteiger partial charge on any atom is -0.314 e. The van der Waals surface area contributed by atoms with Crippen molar-refractivity contribution in [1.82, 2.24) is 10.2 Å². The molecule has 0 bridgehead atoms. The van der Waals surface area contributed by atoms with E-state index in [1.807, 2.05) is 0 Å². The summed E-state index contributed by atoms with van der Waals surface area (Å²) < 4.78 is 1.17. The SMILES string of the molecule is CCNC1CCN(C(C)c2cccc(Br)c2)C(C)C1C. The Labute approximate surface area is 132 Å². The van der Waals surface area contributed by atoms with Gasteiger partial charge in [-0.05, 0) is 50.4 Å². The van der Waals surface area contributed by atoms with Crippen molar-refractivity contribution in [2.45, 2.75) is 52.2 Å². The molecule has 0 saturated carbocycles. The number of benzene rings is 1. The molecule has 1 aliphatic heterocycles. The van der Waals surface area contributed by atoms with Crippen LogP contribution in [0, 0.1) is 5.92 Å². The molecule has 0 spiro atoms. The molecule has 4 unspecified atom stereocenters. The Morgan fingerprint density at radius 3 is 2.80 bits per heavy atom. The first kappa shape index (κ1) is 16.0. The highest BCUT2D eigenvalue weighted by molar-refractivity contribution is 9.10. The van der Waals surface area contributed by atoms with Crippen LogP contribution in [0.1, 0.15) is 45.7 Å². The predicted molar refractivity (Wildman–Crippen MR) is 90.0 cm³/mol. The Bertz CT molecular complexity index is 435. The summed E-state index contributed by atoms with van der Waals surface area (Å²) >= 11 is 3.58. The van der Waals surface area contributed by atoms with Crippen LogP contribution in [0.15, 0.2) is 28.7 Å². The summed E-state index contributed by atoms with van der Waals surface area (Å²) in [5.74, 6) is 0.693. The van der Waals surface area contributed by atoms with E-state index in [2.05, 4.69) is 78.1 Å². The second-order valence-electron chi connectivity index (χ2n) is 6.02. The van der Waals surface area contributed by atoms with Crippen LogP contribution < -0.4 is 5.32 Å². The van der Waals surface area contributed by atoms with E-state index in [9.17, 15) is 0 Å². The molecule has 0 aromatic heterocycles. The van der Waals surface area contributed by atoms with Gasteiger partial charge in [-0.2, -0.15) is 0 Å². The molecule has 1 fully saturated rings. The van der Waals surface area contributed by atoms with Crippen LogP contribution in [-0.4, -0.2) is 30.1 Å². The molecule has 0 aliphatic carbocycles. The van der Waals surface area contributed by atoms with Gasteiger partial charge in [0, 0.05) is 29.1 Å². The van der Waals surface area contributed by atoms with Crippen LogP contribution in [0.25, 0.3) is 0 Å². The van der Waals surface area contributed by atoms with E-state index in [4.69, 9.17) is 0 Å². The van der Waals surface area contributed by atoms with Gasteiger partial charge in [-0.15, -0.1) is 0 Å². The number of halogens is 1. The van der Waals surface area contributed by atoms with Crippen molar-refractivity contribution in [2.24, 2.45) is 5.92 Å². The van der Waals surface area contributed by atoms with E-state index < -0.39 is 0 Å². The number of piperidine rings is 1. The predicted octanol–water partition coefficient (Wildman–Crippen LogP) is 4.22. The Kier molecular flexibility index (Phi) is 5.65. The molecule has 0 amide bonds. The molecule has 1 aromatic carbocycles. The molecule has 1 aliphatic rings. The van der Waals surface area contributed by atoms with Crippen molar-refractivity contribution in [1.29, 1.82) is 0 Å². The largest absolute Gasteiger partial charge is 0.314 e. The Morgan fingerprint density at radius 2 is 2.15 bits per heavy atom. The molecule has 2 rings (SSSR count). The average molecular weight is 339 g/mol. The molecule has 20 heavy (non-hydrogen) atoms. The zero-order chi connectivity index (χ0) is 14.7. The smallest absolute Gasteiger partial charge is 0.0323 e. The van der Waals surface area contributed by atoms with E-state index >= 15 is 0 Å². The summed E-state index contributed by atoms with van der Waals surface area (Å²) in [6.07, 6.45) is 1.25. The first-order chi connectivity index (χ1) is 9.54. The van der Waals surface area contributed by atoms with Crippen LogP contribution >= 0.6 is 15.9 Å².